The molecule has 2 N–H and O–H groups in total. The highest BCUT2D eigenvalue weighted by Gasteiger charge is 2.24. The van der Waals surface area contributed by atoms with Crippen LogP contribution < -0.4 is 10.2 Å². The molecule has 0 aliphatic carbocycles. The summed E-state index contributed by atoms with van der Waals surface area (Å²) in [7, 11) is 0. The van der Waals surface area contributed by atoms with Crippen LogP contribution >= 0.6 is 23.2 Å². The SMILES string of the molecule is O=C(CO)NC1CCCN(c2cc(-n3ccnc3)c3ccc(Cl)c(Cl)c3n2)C1. The van der Waals surface area contributed by atoms with Crippen molar-refractivity contribution in [2.45, 2.75) is 18.9 Å². The number of pyridine rings is 1. The molecule has 1 aliphatic rings. The highest BCUT2D eigenvalue weighted by atomic mass is 35.5. The van der Waals surface area contributed by atoms with Gasteiger partial charge in [-0.2, -0.15) is 0 Å². The molecule has 0 spiro atoms. The lowest BCUT2D eigenvalue weighted by Gasteiger charge is -2.34. The number of benzene rings is 1. The van der Waals surface area contributed by atoms with Gasteiger partial charge in [0.05, 0.1) is 27.6 Å². The van der Waals surface area contributed by atoms with E-state index in [9.17, 15) is 4.79 Å². The van der Waals surface area contributed by atoms with E-state index in [1.54, 1.807) is 18.6 Å². The normalized spacial score (nSPS) is 17.1. The Kier molecular flexibility index (Phi) is 5.39. The summed E-state index contributed by atoms with van der Waals surface area (Å²) < 4.78 is 1.91. The summed E-state index contributed by atoms with van der Waals surface area (Å²) in [6, 6.07) is 5.60. The number of aliphatic hydroxyl groups is 1. The summed E-state index contributed by atoms with van der Waals surface area (Å²) in [5.74, 6) is 0.385. The van der Waals surface area contributed by atoms with E-state index in [0.29, 0.717) is 22.1 Å². The molecule has 3 aromatic rings. The molecule has 2 aromatic heterocycles. The zero-order chi connectivity index (χ0) is 19.7. The highest BCUT2D eigenvalue weighted by Crippen LogP contribution is 2.35. The average molecular weight is 420 g/mol. The van der Waals surface area contributed by atoms with Gasteiger partial charge in [0, 0.05) is 43.0 Å². The Morgan fingerprint density at radius 1 is 1.36 bits per heavy atom. The number of aromatic nitrogens is 3. The summed E-state index contributed by atoms with van der Waals surface area (Å²) in [6.45, 7) is 0.904. The van der Waals surface area contributed by atoms with Gasteiger partial charge in [0.25, 0.3) is 0 Å². The van der Waals surface area contributed by atoms with Gasteiger partial charge in [-0.15, -0.1) is 0 Å². The summed E-state index contributed by atoms with van der Waals surface area (Å²) in [4.78, 5) is 22.6. The molecule has 0 saturated carbocycles. The van der Waals surface area contributed by atoms with Gasteiger partial charge >= 0.3 is 0 Å². The quantitative estimate of drug-likeness (QED) is 0.679. The van der Waals surface area contributed by atoms with Crippen LogP contribution in [0.2, 0.25) is 10.0 Å². The van der Waals surface area contributed by atoms with Gasteiger partial charge in [-0.1, -0.05) is 23.2 Å². The number of nitrogens with one attached hydrogen (secondary N) is 1. The molecule has 1 amide bonds. The third kappa shape index (κ3) is 3.65. The van der Waals surface area contributed by atoms with Gasteiger partial charge in [-0.3, -0.25) is 4.79 Å². The van der Waals surface area contributed by atoms with Crippen LogP contribution in [0, 0.1) is 0 Å². The van der Waals surface area contributed by atoms with Crippen LogP contribution in [0.5, 0.6) is 0 Å². The number of aliphatic hydroxyl groups excluding tert-OH is 1. The van der Waals surface area contributed by atoms with Crippen molar-refractivity contribution >= 4 is 45.8 Å². The summed E-state index contributed by atoms with van der Waals surface area (Å²) >= 11 is 12.7. The van der Waals surface area contributed by atoms with Crippen molar-refractivity contribution in [3.05, 3.63) is 47.0 Å². The number of imidazole rings is 1. The summed E-state index contributed by atoms with van der Waals surface area (Å²) in [5, 5.41) is 13.6. The number of piperidine rings is 1. The van der Waals surface area contributed by atoms with E-state index < -0.39 is 6.61 Å². The molecule has 7 nitrogen and oxygen atoms in total. The van der Waals surface area contributed by atoms with E-state index >= 15 is 0 Å². The highest BCUT2D eigenvalue weighted by molar-refractivity contribution is 6.45. The van der Waals surface area contributed by atoms with E-state index in [-0.39, 0.29) is 11.9 Å². The number of anilines is 1. The fourth-order valence-corrected chi connectivity index (χ4v) is 3.92. The minimum atomic E-state index is -0.510. The molecule has 3 heterocycles. The second-order valence-corrected chi connectivity index (χ2v) is 7.52. The fourth-order valence-electron chi connectivity index (χ4n) is 3.56. The molecule has 28 heavy (non-hydrogen) atoms. The Morgan fingerprint density at radius 2 is 2.21 bits per heavy atom. The van der Waals surface area contributed by atoms with E-state index in [1.165, 1.54) is 0 Å². The Labute approximate surface area is 171 Å². The van der Waals surface area contributed by atoms with Gasteiger partial charge in [-0.05, 0) is 25.0 Å². The summed E-state index contributed by atoms with van der Waals surface area (Å²) in [6.07, 6.45) is 7.06. The number of carbonyl (C=O) groups excluding carboxylic acids is 1. The third-order valence-electron chi connectivity index (χ3n) is 4.87. The van der Waals surface area contributed by atoms with E-state index in [1.807, 2.05) is 22.9 Å². The Hall–Kier alpha value is -2.35. The maximum absolute atomic E-state index is 11.6. The minimum absolute atomic E-state index is 0.0441. The van der Waals surface area contributed by atoms with Crippen LogP contribution in [-0.2, 0) is 4.79 Å². The lowest BCUT2D eigenvalue weighted by Crippen LogP contribution is -2.48. The topological polar surface area (TPSA) is 83.3 Å². The monoisotopic (exact) mass is 419 g/mol. The van der Waals surface area contributed by atoms with Crippen molar-refractivity contribution in [1.29, 1.82) is 0 Å². The second kappa shape index (κ2) is 7.95. The zero-order valence-electron chi connectivity index (χ0n) is 15.0. The van der Waals surface area contributed by atoms with Gasteiger partial charge in [0.2, 0.25) is 5.91 Å². The predicted octanol–water partition coefficient (Wildman–Crippen LogP) is 2.80. The van der Waals surface area contributed by atoms with E-state index in [2.05, 4.69) is 15.2 Å². The van der Waals surface area contributed by atoms with Crippen molar-refractivity contribution < 1.29 is 9.90 Å². The van der Waals surface area contributed by atoms with Crippen molar-refractivity contribution in [2.75, 3.05) is 24.6 Å². The first-order valence-corrected chi connectivity index (χ1v) is 9.74. The number of amides is 1. The molecule has 1 atom stereocenters. The molecule has 1 aliphatic heterocycles. The first-order chi connectivity index (χ1) is 13.6. The Balaban J connectivity index is 1.77. The van der Waals surface area contributed by atoms with Crippen LogP contribution in [-0.4, -0.2) is 51.3 Å². The number of hydrogen-bond donors (Lipinski definition) is 2. The number of nitrogens with zero attached hydrogens (tertiary/aromatic N) is 4. The van der Waals surface area contributed by atoms with Crippen LogP contribution in [0.3, 0.4) is 0 Å². The van der Waals surface area contributed by atoms with Gasteiger partial charge < -0.3 is 19.9 Å². The lowest BCUT2D eigenvalue weighted by molar-refractivity contribution is -0.124. The van der Waals surface area contributed by atoms with Gasteiger partial charge in [-0.25, -0.2) is 9.97 Å². The second-order valence-electron chi connectivity index (χ2n) is 6.74. The maximum Gasteiger partial charge on any atom is 0.245 e. The van der Waals surface area contributed by atoms with Gasteiger partial charge in [0.1, 0.15) is 12.4 Å². The van der Waals surface area contributed by atoms with Crippen LogP contribution in [0.15, 0.2) is 36.9 Å². The van der Waals surface area contributed by atoms with Crippen LogP contribution in [0.4, 0.5) is 5.82 Å². The molecule has 9 heteroatoms. The van der Waals surface area contributed by atoms with Crippen molar-refractivity contribution in [3.63, 3.8) is 0 Å². The van der Waals surface area contributed by atoms with E-state index in [0.717, 1.165) is 36.3 Å². The first kappa shape index (κ1) is 19.0. The number of fused-ring (bicyclic) bond motifs is 1. The average Bonchev–Trinajstić information content (AvgIpc) is 3.25. The number of carbonyl (C=O) groups is 1. The minimum Gasteiger partial charge on any atom is -0.387 e. The molecular weight excluding hydrogens is 401 g/mol. The predicted molar refractivity (Wildman–Crippen MR) is 109 cm³/mol. The molecule has 1 aromatic carbocycles. The fraction of sp³-hybridized carbons (Fsp3) is 0.316. The smallest absolute Gasteiger partial charge is 0.245 e. The maximum atomic E-state index is 11.6. The standard InChI is InChI=1S/C19H19Cl2N5O2/c20-14-4-3-13-15(26-7-5-22-11-26)8-16(24-19(13)18(14)21)25-6-1-2-12(9-25)23-17(28)10-27/h3-5,7-8,11-12,27H,1-2,6,9-10H2,(H,23,28). The van der Waals surface area contributed by atoms with Crippen molar-refractivity contribution in [1.82, 2.24) is 19.9 Å². The van der Waals surface area contributed by atoms with E-state index in [4.69, 9.17) is 33.3 Å². The molecular formula is C19H19Cl2N5O2. The van der Waals surface area contributed by atoms with Crippen LogP contribution in [0.25, 0.3) is 16.6 Å². The summed E-state index contributed by atoms with van der Waals surface area (Å²) in [5.41, 5.74) is 1.52. The molecule has 4 rings (SSSR count). The number of rotatable bonds is 4. The van der Waals surface area contributed by atoms with Crippen LogP contribution in [0.1, 0.15) is 12.8 Å². The number of halogens is 2. The molecule has 1 fully saturated rings. The number of hydrogen-bond acceptors (Lipinski definition) is 5. The molecule has 1 unspecified atom stereocenters. The molecule has 1 saturated heterocycles. The zero-order valence-corrected chi connectivity index (χ0v) is 16.5. The molecule has 146 valence electrons. The Bertz CT molecular complexity index is 1010. The largest absolute Gasteiger partial charge is 0.387 e. The molecule has 0 bridgehead atoms. The Morgan fingerprint density at radius 3 is 2.96 bits per heavy atom. The lowest BCUT2D eigenvalue weighted by atomic mass is 10.1. The first-order valence-electron chi connectivity index (χ1n) is 8.99. The van der Waals surface area contributed by atoms with Crippen molar-refractivity contribution in [3.8, 4) is 5.69 Å². The third-order valence-corrected chi connectivity index (χ3v) is 5.67. The van der Waals surface area contributed by atoms with Crippen molar-refractivity contribution in [2.24, 2.45) is 0 Å². The molecule has 0 radical (unpaired) electrons. The van der Waals surface area contributed by atoms with Gasteiger partial charge in [0.15, 0.2) is 0 Å².